The van der Waals surface area contributed by atoms with Crippen LogP contribution in [-0.4, -0.2) is 307 Å². The second-order valence-corrected chi connectivity index (χ2v) is 16.9. The summed E-state index contributed by atoms with van der Waals surface area (Å²) in [7, 11) is 3.28. The van der Waals surface area contributed by atoms with Gasteiger partial charge in [0, 0.05) is 21.0 Å². The van der Waals surface area contributed by atoms with Crippen LogP contribution < -0.4 is 0 Å². The van der Waals surface area contributed by atoms with Crippen molar-refractivity contribution >= 4 is 11.9 Å². The molecule has 0 saturated carbocycles. The van der Waals surface area contributed by atoms with Gasteiger partial charge in [-0.05, 0) is 6.92 Å². The molecule has 2 heterocycles. The van der Waals surface area contributed by atoms with Crippen molar-refractivity contribution in [3.05, 3.63) is 25.3 Å². The van der Waals surface area contributed by atoms with Gasteiger partial charge in [-0.2, -0.15) is 0 Å². The van der Waals surface area contributed by atoms with Gasteiger partial charge in [-0.3, -0.25) is 4.79 Å². The van der Waals surface area contributed by atoms with E-state index in [9.17, 15) is 19.8 Å². The summed E-state index contributed by atoms with van der Waals surface area (Å²) < 4.78 is 108. The number of carboxylic acids is 1. The molecular weight excluding hydrogens is 1010 g/mol. The second-order valence-electron chi connectivity index (χ2n) is 16.9. The molecule has 2 aliphatic heterocycles. The third-order valence-corrected chi connectivity index (χ3v) is 9.97. The number of carbonyl (C=O) groups is 2. The summed E-state index contributed by atoms with van der Waals surface area (Å²) in [5, 5.41) is 28.9. The molecule has 2 saturated heterocycles. The lowest BCUT2D eigenvalue weighted by Crippen LogP contribution is -2.54. The zero-order chi connectivity index (χ0) is 55.6. The SMILES string of the molecule is C=CCOCCOCCOCCOCCOCCOCCOCC(O)COC1COC(C)(C(=O)N(C)C)OC1.C=CCOCCOCCOCCOCCOCCOCCOCC(O)COC1COC(C)(C(=O)O)OC1. The number of hydrogen-bond acceptors (Lipinski definition) is 24. The number of aliphatic carboxylic acids is 1. The van der Waals surface area contributed by atoms with Gasteiger partial charge in [0.05, 0.1) is 225 Å². The van der Waals surface area contributed by atoms with Gasteiger partial charge >= 0.3 is 5.97 Å². The highest BCUT2D eigenvalue weighted by Crippen LogP contribution is 2.22. The zero-order valence-electron chi connectivity index (χ0n) is 45.7. The van der Waals surface area contributed by atoms with Crippen molar-refractivity contribution in [1.82, 2.24) is 4.90 Å². The van der Waals surface area contributed by atoms with E-state index in [4.69, 9.17) is 99.8 Å². The average Bonchev–Trinajstić information content (AvgIpc) is 3.41. The number of aliphatic hydroxyl groups excluding tert-OH is 2. The van der Waals surface area contributed by atoms with Gasteiger partial charge in [-0.1, -0.05) is 12.2 Å². The molecule has 2 atom stereocenters. The molecule has 26 heteroatoms. The van der Waals surface area contributed by atoms with Crippen molar-refractivity contribution < 1.29 is 120 Å². The maximum absolute atomic E-state index is 12.1. The monoisotopic (exact) mass is 1110 g/mol. The van der Waals surface area contributed by atoms with Crippen LogP contribution in [0.3, 0.4) is 0 Å². The molecule has 3 N–H and O–H groups in total. The van der Waals surface area contributed by atoms with Gasteiger partial charge in [0.25, 0.3) is 11.7 Å². The van der Waals surface area contributed by atoms with E-state index >= 15 is 0 Å². The lowest BCUT2D eigenvalue weighted by molar-refractivity contribution is -0.285. The number of ether oxygens (including phenoxy) is 20. The van der Waals surface area contributed by atoms with E-state index in [0.29, 0.717) is 172 Å². The molecule has 0 spiro atoms. The Morgan fingerprint density at radius 3 is 0.921 bits per heavy atom. The van der Waals surface area contributed by atoms with Gasteiger partial charge in [-0.25, -0.2) is 4.79 Å². The fourth-order valence-electron chi connectivity index (χ4n) is 5.83. The Bertz CT molecular complexity index is 1360. The van der Waals surface area contributed by atoms with Crippen molar-refractivity contribution in [2.45, 2.75) is 49.8 Å². The summed E-state index contributed by atoms with van der Waals surface area (Å²) in [5.74, 6) is -4.43. The molecule has 2 rings (SSSR count). The summed E-state index contributed by atoms with van der Waals surface area (Å²) >= 11 is 0. The molecule has 0 aliphatic carbocycles. The first-order valence-electron chi connectivity index (χ1n) is 25.8. The Kier molecular flexibility index (Phi) is 46.7. The standard InChI is InChI=1S/C26H49NO12.C24H44O13/c1-5-6-30-7-8-31-9-10-32-11-12-33-13-14-34-15-16-35-17-18-36-19-23(28)20-37-24-21-38-26(2,39-22-24)25(29)27(3)4;1-3-4-28-5-6-29-7-8-30-9-10-31-11-12-32-13-14-33-15-16-34-17-21(25)18-35-22-19-36-24(2,23(26)27)37-20-22/h5,23-24,28H,1,6-22H2,2-4H3;3,21-22,25H,1,4-20H2,2H3,(H,26,27). The zero-order valence-corrected chi connectivity index (χ0v) is 45.7. The third-order valence-electron chi connectivity index (χ3n) is 9.97. The van der Waals surface area contributed by atoms with Gasteiger partial charge in [0.1, 0.15) is 24.4 Å². The van der Waals surface area contributed by atoms with Crippen LogP contribution in [-0.2, 0) is 104 Å². The summed E-state index contributed by atoms with van der Waals surface area (Å²) in [5.41, 5.74) is 0. The van der Waals surface area contributed by atoms with E-state index in [1.807, 2.05) is 0 Å². The number of rotatable bonds is 52. The van der Waals surface area contributed by atoms with E-state index in [1.54, 1.807) is 33.2 Å². The maximum Gasteiger partial charge on any atom is 0.364 e. The van der Waals surface area contributed by atoms with Crippen LogP contribution in [0.15, 0.2) is 25.3 Å². The summed E-state index contributed by atoms with van der Waals surface area (Å²) in [6, 6.07) is 0. The van der Waals surface area contributed by atoms with Crippen molar-refractivity contribution in [2.75, 3.05) is 239 Å². The van der Waals surface area contributed by atoms with E-state index in [1.165, 1.54) is 11.8 Å². The molecule has 76 heavy (non-hydrogen) atoms. The Morgan fingerprint density at radius 2 is 0.684 bits per heavy atom. The van der Waals surface area contributed by atoms with Crippen molar-refractivity contribution in [3.63, 3.8) is 0 Å². The van der Waals surface area contributed by atoms with Crippen LogP contribution in [0.5, 0.6) is 0 Å². The molecule has 0 aromatic rings. The molecule has 2 unspecified atom stereocenters. The molecule has 448 valence electrons. The van der Waals surface area contributed by atoms with Crippen LogP contribution in [0.25, 0.3) is 0 Å². The van der Waals surface area contributed by atoms with Crippen LogP contribution in [0, 0.1) is 0 Å². The molecule has 1 amide bonds. The Morgan fingerprint density at radius 1 is 0.447 bits per heavy atom. The minimum Gasteiger partial charge on any atom is -0.477 e. The Labute approximate surface area is 449 Å². The first-order valence-corrected chi connectivity index (χ1v) is 25.8. The molecule has 0 aromatic heterocycles. The van der Waals surface area contributed by atoms with Gasteiger partial charge in [-0.15, -0.1) is 13.2 Å². The number of carboxylic acid groups (broad SMARTS) is 1. The van der Waals surface area contributed by atoms with E-state index in [2.05, 4.69) is 13.2 Å². The number of carbonyl (C=O) groups excluding carboxylic acids is 1. The largest absolute Gasteiger partial charge is 0.477 e. The minimum atomic E-state index is -1.66. The molecule has 0 radical (unpaired) electrons. The minimum absolute atomic E-state index is 0.0189. The van der Waals surface area contributed by atoms with Crippen molar-refractivity contribution in [2.24, 2.45) is 0 Å². The van der Waals surface area contributed by atoms with Crippen LogP contribution >= 0.6 is 0 Å². The fourth-order valence-corrected chi connectivity index (χ4v) is 5.83. The molecular formula is C50H93NO25. The Hall–Kier alpha value is -2.46. The van der Waals surface area contributed by atoms with Crippen LogP contribution in [0.1, 0.15) is 13.8 Å². The Balaban J connectivity index is 0.000000761. The van der Waals surface area contributed by atoms with Crippen molar-refractivity contribution in [1.29, 1.82) is 0 Å². The summed E-state index contributed by atoms with van der Waals surface area (Å²) in [6.45, 7) is 23.2. The second kappa shape index (κ2) is 49.6. The smallest absolute Gasteiger partial charge is 0.364 e. The van der Waals surface area contributed by atoms with Crippen molar-refractivity contribution in [3.8, 4) is 0 Å². The third kappa shape index (κ3) is 40.7. The molecule has 0 bridgehead atoms. The molecule has 0 aromatic carbocycles. The lowest BCUT2D eigenvalue weighted by Gasteiger charge is -2.37. The number of hydrogen-bond donors (Lipinski definition) is 3. The van der Waals surface area contributed by atoms with Gasteiger partial charge < -0.3 is 115 Å². The number of nitrogens with zero attached hydrogens (tertiary/aromatic N) is 1. The summed E-state index contributed by atoms with van der Waals surface area (Å²) in [4.78, 5) is 24.5. The number of amides is 1. The van der Waals surface area contributed by atoms with E-state index < -0.39 is 35.9 Å². The normalized spacial score (nSPS) is 20.4. The topological polar surface area (TPSA) is 283 Å². The highest BCUT2D eigenvalue weighted by Gasteiger charge is 2.42. The molecule has 2 fully saturated rings. The van der Waals surface area contributed by atoms with Crippen LogP contribution in [0.4, 0.5) is 0 Å². The maximum atomic E-state index is 12.1. The number of aliphatic hydroxyl groups is 2. The average molecular weight is 1110 g/mol. The van der Waals surface area contributed by atoms with Gasteiger partial charge in [0.15, 0.2) is 0 Å². The molecule has 26 nitrogen and oxygen atoms in total. The first kappa shape index (κ1) is 71.6. The predicted molar refractivity (Wildman–Crippen MR) is 270 cm³/mol. The first-order chi connectivity index (χ1) is 36.9. The fraction of sp³-hybridized carbons (Fsp3) is 0.880. The van der Waals surface area contributed by atoms with Crippen LogP contribution in [0.2, 0.25) is 0 Å². The highest BCUT2D eigenvalue weighted by molar-refractivity contribution is 5.83. The van der Waals surface area contributed by atoms with Gasteiger partial charge in [0.2, 0.25) is 5.79 Å². The highest BCUT2D eigenvalue weighted by atomic mass is 16.7. The number of likely N-dealkylation sites (N-methyl/N-ethyl adjacent to an activating group) is 1. The molecule has 2 aliphatic rings. The lowest BCUT2D eigenvalue weighted by atomic mass is 10.2. The van der Waals surface area contributed by atoms with E-state index in [0.717, 1.165) is 0 Å². The quantitative estimate of drug-likeness (QED) is 0.0524. The van der Waals surface area contributed by atoms with E-state index in [-0.39, 0.29) is 64.9 Å². The predicted octanol–water partition coefficient (Wildman–Crippen LogP) is -0.232. The summed E-state index contributed by atoms with van der Waals surface area (Å²) in [6.07, 6.45) is 0.955.